The van der Waals surface area contributed by atoms with Gasteiger partial charge in [-0.3, -0.25) is 0 Å². The molecule has 4 heteroatoms. The molecule has 1 aliphatic carbocycles. The molecule has 298 valence electrons. The molecule has 15 rings (SSSR count). The predicted molar refractivity (Wildman–Crippen MR) is 267 cm³/mol. The summed E-state index contributed by atoms with van der Waals surface area (Å²) in [5.41, 5.74) is 20.1. The first-order valence-electron chi connectivity index (χ1n) is 22.3. The Morgan fingerprint density at radius 3 is 1.38 bits per heavy atom. The van der Waals surface area contributed by atoms with Crippen molar-refractivity contribution in [1.82, 2.24) is 13.7 Å². The van der Waals surface area contributed by atoms with Crippen LogP contribution in [0.4, 0.5) is 11.4 Å². The fourth-order valence-corrected chi connectivity index (χ4v) is 12.0. The molecule has 0 saturated heterocycles. The van der Waals surface area contributed by atoms with E-state index in [0.29, 0.717) is 0 Å². The van der Waals surface area contributed by atoms with Crippen LogP contribution in [0, 0.1) is 0 Å². The van der Waals surface area contributed by atoms with Crippen molar-refractivity contribution in [1.29, 1.82) is 0 Å². The van der Waals surface area contributed by atoms with E-state index in [2.05, 4.69) is 237 Å². The Bertz CT molecular complexity index is 3910. The fraction of sp³-hybridized carbons (Fsp3) is 0.0333. The lowest BCUT2D eigenvalue weighted by atomic mass is 9.79. The van der Waals surface area contributed by atoms with Crippen LogP contribution in [-0.2, 0) is 0 Å². The number of nitrogens with zero attached hydrogens (tertiary/aromatic N) is 4. The largest absolute Gasteiger partial charge is 0.329 e. The van der Waals surface area contributed by atoms with E-state index in [1.54, 1.807) is 0 Å². The van der Waals surface area contributed by atoms with Crippen LogP contribution in [0.5, 0.6) is 0 Å². The van der Waals surface area contributed by atoms with Crippen LogP contribution < -0.4 is 4.90 Å². The van der Waals surface area contributed by atoms with Crippen LogP contribution in [0.15, 0.2) is 218 Å². The first kappa shape index (κ1) is 34.3. The molecule has 9 aromatic carbocycles. The highest BCUT2D eigenvalue weighted by atomic mass is 15.3. The molecule has 2 aliphatic heterocycles. The number of allylic oxidation sites excluding steroid dienone is 2. The second-order valence-electron chi connectivity index (χ2n) is 17.6. The number of para-hydroxylation sites is 6. The normalized spacial score (nSPS) is 16.3. The molecule has 5 heterocycles. The monoisotopic (exact) mass is 814 g/mol. The van der Waals surface area contributed by atoms with E-state index in [1.165, 1.54) is 116 Å². The Morgan fingerprint density at radius 2 is 0.812 bits per heavy atom. The quantitative estimate of drug-likeness (QED) is 0.173. The van der Waals surface area contributed by atoms with Crippen molar-refractivity contribution in [3.8, 4) is 22.5 Å². The van der Waals surface area contributed by atoms with E-state index < -0.39 is 0 Å². The van der Waals surface area contributed by atoms with Crippen molar-refractivity contribution in [2.45, 2.75) is 12.0 Å². The molecule has 0 bridgehead atoms. The third-order valence-electron chi connectivity index (χ3n) is 14.6. The zero-order valence-electron chi connectivity index (χ0n) is 34.7. The molecule has 0 fully saturated rings. The Morgan fingerprint density at radius 1 is 0.344 bits per heavy atom. The summed E-state index contributed by atoms with van der Waals surface area (Å²) < 4.78 is 7.40. The first-order chi connectivity index (χ1) is 31.8. The molecule has 64 heavy (non-hydrogen) atoms. The SMILES string of the molecule is C1=C(c2ccc(-n3c4ccccc4c4ccccc43)cc2)C2c3ccccc3N3c4ccc(-c5ccc(-n6c7ccccc7c7ccccc76)cc5)c5c6ccccc6n(c45)C(=C1)C23. The van der Waals surface area contributed by atoms with Crippen molar-refractivity contribution < 1.29 is 0 Å². The molecule has 4 nitrogen and oxygen atoms in total. The Hall–Kier alpha value is -8.34. The summed E-state index contributed by atoms with van der Waals surface area (Å²) in [6.45, 7) is 0. The summed E-state index contributed by atoms with van der Waals surface area (Å²) in [4.78, 5) is 2.65. The van der Waals surface area contributed by atoms with E-state index in [9.17, 15) is 0 Å². The van der Waals surface area contributed by atoms with Gasteiger partial charge in [-0.25, -0.2) is 0 Å². The molecule has 0 N–H and O–H groups in total. The van der Waals surface area contributed by atoms with E-state index in [4.69, 9.17) is 0 Å². The number of hydrogen-bond donors (Lipinski definition) is 0. The van der Waals surface area contributed by atoms with Crippen LogP contribution in [-0.4, -0.2) is 19.7 Å². The highest BCUT2D eigenvalue weighted by molar-refractivity contribution is 6.22. The molecule has 2 atom stereocenters. The van der Waals surface area contributed by atoms with Crippen molar-refractivity contribution in [2.24, 2.45) is 0 Å². The van der Waals surface area contributed by atoms with E-state index >= 15 is 0 Å². The minimum atomic E-state index is 0.109. The van der Waals surface area contributed by atoms with Gasteiger partial charge in [0.1, 0.15) is 0 Å². The Balaban J connectivity index is 0.894. The molecule has 0 spiro atoms. The maximum atomic E-state index is 2.65. The molecule has 2 unspecified atom stereocenters. The lowest BCUT2D eigenvalue weighted by Gasteiger charge is -2.40. The molecule has 0 radical (unpaired) electrons. The topological polar surface area (TPSA) is 18.0 Å². The Kier molecular flexibility index (Phi) is 6.76. The second-order valence-corrected chi connectivity index (χ2v) is 17.6. The Labute approximate surface area is 369 Å². The second kappa shape index (κ2) is 12.6. The first-order valence-corrected chi connectivity index (χ1v) is 22.3. The zero-order valence-corrected chi connectivity index (χ0v) is 34.7. The number of benzene rings is 9. The van der Waals surface area contributed by atoms with Gasteiger partial charge in [-0.1, -0.05) is 146 Å². The van der Waals surface area contributed by atoms with Gasteiger partial charge in [-0.15, -0.1) is 0 Å². The van der Waals surface area contributed by atoms with Crippen LogP contribution in [0.2, 0.25) is 0 Å². The van der Waals surface area contributed by atoms with Gasteiger partial charge >= 0.3 is 0 Å². The third-order valence-corrected chi connectivity index (χ3v) is 14.6. The van der Waals surface area contributed by atoms with Crippen LogP contribution in [0.25, 0.3) is 99.2 Å². The lowest BCUT2D eigenvalue weighted by molar-refractivity contribution is 0.737. The van der Waals surface area contributed by atoms with Gasteiger partial charge in [0.15, 0.2) is 0 Å². The third kappa shape index (κ3) is 4.41. The van der Waals surface area contributed by atoms with Crippen molar-refractivity contribution in [3.05, 3.63) is 230 Å². The predicted octanol–water partition coefficient (Wildman–Crippen LogP) is 15.2. The fourth-order valence-electron chi connectivity index (χ4n) is 12.0. The molecule has 12 aromatic rings. The van der Waals surface area contributed by atoms with Gasteiger partial charge < -0.3 is 18.6 Å². The van der Waals surface area contributed by atoms with Gasteiger partial charge in [0.05, 0.1) is 44.8 Å². The summed E-state index contributed by atoms with van der Waals surface area (Å²) in [7, 11) is 0. The van der Waals surface area contributed by atoms with Gasteiger partial charge in [-0.2, -0.15) is 0 Å². The average Bonchev–Trinajstić information content (AvgIpc) is 4.10. The van der Waals surface area contributed by atoms with Gasteiger partial charge in [0.2, 0.25) is 0 Å². The molecular weight excluding hydrogens is 777 g/mol. The van der Waals surface area contributed by atoms with Crippen LogP contribution in [0.3, 0.4) is 0 Å². The number of anilines is 2. The van der Waals surface area contributed by atoms with E-state index in [-0.39, 0.29) is 12.0 Å². The molecular formula is C60H38N4. The minimum Gasteiger partial charge on any atom is -0.329 e. The van der Waals surface area contributed by atoms with Gasteiger partial charge in [0.25, 0.3) is 0 Å². The summed E-state index contributed by atoms with van der Waals surface area (Å²) >= 11 is 0. The highest BCUT2D eigenvalue weighted by Crippen LogP contribution is 2.60. The van der Waals surface area contributed by atoms with Crippen LogP contribution in [0.1, 0.15) is 17.0 Å². The van der Waals surface area contributed by atoms with Crippen molar-refractivity contribution in [3.63, 3.8) is 0 Å². The highest BCUT2D eigenvalue weighted by Gasteiger charge is 2.48. The van der Waals surface area contributed by atoms with Gasteiger partial charge in [-0.05, 0) is 101 Å². The summed E-state index contributed by atoms with van der Waals surface area (Å²) in [6, 6.07) is 76.5. The van der Waals surface area contributed by atoms with Crippen LogP contribution >= 0.6 is 0 Å². The summed E-state index contributed by atoms with van der Waals surface area (Å²) in [5.74, 6) is 0.160. The smallest absolute Gasteiger partial charge is 0.0857 e. The average molecular weight is 815 g/mol. The molecule has 3 aromatic heterocycles. The van der Waals surface area contributed by atoms with Gasteiger partial charge in [0, 0.05) is 61.0 Å². The number of aromatic nitrogens is 3. The summed E-state index contributed by atoms with van der Waals surface area (Å²) in [5, 5.41) is 7.69. The standard InChI is InChI=1S/C60H38N4/c1-7-19-49-43(13-1)44-14-2-8-20-50(44)61(49)39-29-25-37(26-30-39)41-33-35-55-59-57(41)47-17-5-11-23-53(47)63(59)56-36-34-42(58-48-18-6-12-24-54(48)64(55)60(56)58)38-27-31-40(32-28-38)62-51-21-9-3-15-45(51)46-16-4-10-22-52(46)62/h1-36,57,59H. The minimum absolute atomic E-state index is 0.109. The molecule has 0 saturated carbocycles. The van der Waals surface area contributed by atoms with E-state index in [1.807, 2.05) is 0 Å². The maximum absolute atomic E-state index is 2.65. The number of rotatable bonds is 4. The lowest BCUT2D eigenvalue weighted by Crippen LogP contribution is -2.38. The van der Waals surface area contributed by atoms with Crippen molar-refractivity contribution in [2.75, 3.05) is 4.90 Å². The number of hydrogen-bond acceptors (Lipinski definition) is 1. The van der Waals surface area contributed by atoms with E-state index in [0.717, 1.165) is 5.69 Å². The number of fused-ring (bicyclic) bond motifs is 14. The molecule has 0 amide bonds. The maximum Gasteiger partial charge on any atom is 0.0857 e. The van der Waals surface area contributed by atoms with Crippen molar-refractivity contribution >= 4 is 88.1 Å². The summed E-state index contributed by atoms with van der Waals surface area (Å²) in [6.07, 6.45) is 4.83. The molecule has 3 aliphatic rings. The zero-order chi connectivity index (χ0) is 41.6.